The molecule has 1 spiro atoms. The van der Waals surface area contributed by atoms with Gasteiger partial charge in [-0.25, -0.2) is 0 Å². The summed E-state index contributed by atoms with van der Waals surface area (Å²) in [5.74, 6) is -0.752. The Morgan fingerprint density at radius 3 is 2.68 bits per heavy atom. The first-order chi connectivity index (χ1) is 11.6. The third-order valence-corrected chi connectivity index (χ3v) is 7.85. The van der Waals surface area contributed by atoms with E-state index in [1.807, 2.05) is 6.92 Å². The number of hydrogen-bond acceptors (Lipinski definition) is 6. The molecule has 3 rings (SSSR count). The average Bonchev–Trinajstić information content (AvgIpc) is 2.95. The molecule has 0 bridgehead atoms. The molecule has 1 fully saturated rings. The van der Waals surface area contributed by atoms with Crippen molar-refractivity contribution in [1.29, 1.82) is 0 Å². The lowest BCUT2D eigenvalue weighted by Gasteiger charge is -2.31. The van der Waals surface area contributed by atoms with E-state index >= 15 is 0 Å². The number of carbonyl (C=O) groups excluding carboxylic acids is 1. The number of carbonyl (C=O) groups is 1. The number of aliphatic hydroxyl groups excluding tert-OH is 1. The Morgan fingerprint density at radius 2 is 2.12 bits per heavy atom. The van der Waals surface area contributed by atoms with Gasteiger partial charge in [-0.15, -0.1) is 0 Å². The van der Waals surface area contributed by atoms with E-state index in [4.69, 9.17) is 4.74 Å². The molecule has 4 atom stereocenters. The Kier molecular flexibility index (Phi) is 4.23. The highest BCUT2D eigenvalue weighted by atomic mass is 28.4. The van der Waals surface area contributed by atoms with Crippen molar-refractivity contribution in [3.05, 3.63) is 33.9 Å². The van der Waals surface area contributed by atoms with Gasteiger partial charge in [0, 0.05) is 41.4 Å². The quantitative estimate of drug-likeness (QED) is 0.424. The summed E-state index contributed by atoms with van der Waals surface area (Å²) in [5.41, 5.74) is -0.853. The van der Waals surface area contributed by atoms with E-state index in [1.54, 1.807) is 13.1 Å². The van der Waals surface area contributed by atoms with Crippen LogP contribution in [0.1, 0.15) is 18.9 Å². The van der Waals surface area contributed by atoms with E-state index in [9.17, 15) is 24.8 Å². The lowest BCUT2D eigenvalue weighted by Crippen LogP contribution is -2.43. The van der Waals surface area contributed by atoms with Crippen molar-refractivity contribution in [3.63, 3.8) is 0 Å². The van der Waals surface area contributed by atoms with Crippen LogP contribution < -0.4 is 5.32 Å². The van der Waals surface area contributed by atoms with Crippen LogP contribution in [-0.2, 0) is 15.1 Å². The average molecular weight is 366 g/mol. The van der Waals surface area contributed by atoms with Gasteiger partial charge in [-0.2, -0.15) is 0 Å². The normalized spacial score (nSPS) is 31.2. The number of anilines is 1. The Hall–Kier alpha value is -1.81. The minimum Gasteiger partial charge on any atom is -0.432 e. The number of nitrogens with zero attached hydrogens (tertiary/aromatic N) is 1. The number of nitro benzene ring substituents is 1. The number of non-ortho nitro benzene ring substituents is 1. The molecule has 3 N–H and O–H groups in total. The van der Waals surface area contributed by atoms with Crippen molar-refractivity contribution in [2.24, 2.45) is 5.92 Å². The van der Waals surface area contributed by atoms with Crippen LogP contribution in [0.2, 0.25) is 18.6 Å². The molecule has 1 aromatic carbocycles. The lowest BCUT2D eigenvalue weighted by atomic mass is 9.82. The number of amides is 1. The molecule has 2 heterocycles. The molecular weight excluding hydrogens is 344 g/mol. The zero-order valence-electron chi connectivity index (χ0n) is 14.4. The number of ether oxygens (including phenoxy) is 1. The fraction of sp³-hybridized carbons (Fsp3) is 0.562. The predicted octanol–water partition coefficient (Wildman–Crippen LogP) is 1.73. The van der Waals surface area contributed by atoms with Crippen LogP contribution in [0.5, 0.6) is 0 Å². The van der Waals surface area contributed by atoms with Crippen LogP contribution in [0.3, 0.4) is 0 Å². The summed E-state index contributed by atoms with van der Waals surface area (Å²) in [7, 11) is -2.72. The van der Waals surface area contributed by atoms with Crippen molar-refractivity contribution >= 4 is 25.6 Å². The Morgan fingerprint density at radius 1 is 1.44 bits per heavy atom. The summed E-state index contributed by atoms with van der Waals surface area (Å²) in [6.45, 7) is 5.27. The molecule has 0 unspecified atom stereocenters. The third-order valence-electron chi connectivity index (χ3n) is 5.35. The van der Waals surface area contributed by atoms with E-state index in [-0.39, 0.29) is 29.7 Å². The van der Waals surface area contributed by atoms with Crippen molar-refractivity contribution in [1.82, 2.24) is 0 Å². The van der Waals surface area contributed by atoms with Gasteiger partial charge in [0.05, 0.1) is 11.0 Å². The van der Waals surface area contributed by atoms with E-state index in [0.29, 0.717) is 17.7 Å². The summed E-state index contributed by atoms with van der Waals surface area (Å²) in [5, 5.41) is 23.3. The predicted molar refractivity (Wildman–Crippen MR) is 92.6 cm³/mol. The Bertz CT molecular complexity index is 734. The number of nitrogens with one attached hydrogen (secondary N) is 1. The number of aliphatic hydroxyl groups is 1. The minimum absolute atomic E-state index is 0.118. The maximum Gasteiger partial charge on any atom is 0.269 e. The van der Waals surface area contributed by atoms with Gasteiger partial charge in [0.15, 0.2) is 13.9 Å². The highest BCUT2D eigenvalue weighted by Gasteiger charge is 2.64. The summed E-state index contributed by atoms with van der Waals surface area (Å²) in [4.78, 5) is 34.2. The van der Waals surface area contributed by atoms with Crippen LogP contribution >= 0.6 is 0 Å². The second-order valence-electron chi connectivity index (χ2n) is 7.31. The fourth-order valence-electron chi connectivity index (χ4n) is 4.40. The molecule has 2 aliphatic heterocycles. The number of nitro groups is 1. The molecule has 0 aromatic heterocycles. The van der Waals surface area contributed by atoms with Crippen LogP contribution in [0.15, 0.2) is 18.2 Å². The van der Waals surface area contributed by atoms with Crippen molar-refractivity contribution in [2.75, 3.05) is 11.9 Å². The second kappa shape index (κ2) is 5.87. The maximum absolute atomic E-state index is 12.8. The standard InChI is InChI=1S/C16H22N2O6Si/c1-9-14(25(2,3)23)13(6-7-19)24-16(9)11-8-10(18(21)22)4-5-12(11)17-15(16)20/h4-5,8-9,13-14,19,23H,6-7H2,1-3H3,(H,17,20)/t9-,13+,14-,16+/m1/s1. The Balaban J connectivity index is 2.15. The second-order valence-corrected chi connectivity index (χ2v) is 11.3. The SMILES string of the molecule is C[C@@H]1[C@@H]([Si](C)(C)O)[C@H](CCO)O[C@@]12C(=O)Nc1ccc([N+](=O)[O-])cc12. The number of fused-ring (bicyclic) bond motifs is 2. The molecule has 0 radical (unpaired) electrons. The van der Waals surface area contributed by atoms with Crippen molar-refractivity contribution < 1.29 is 24.4 Å². The molecule has 1 amide bonds. The summed E-state index contributed by atoms with van der Waals surface area (Å²) < 4.78 is 6.16. The van der Waals surface area contributed by atoms with Gasteiger partial charge in [0.2, 0.25) is 0 Å². The number of rotatable bonds is 4. The van der Waals surface area contributed by atoms with Crippen LogP contribution in [0, 0.1) is 16.0 Å². The Labute approximate surface area is 146 Å². The number of benzene rings is 1. The van der Waals surface area contributed by atoms with E-state index in [2.05, 4.69) is 5.32 Å². The van der Waals surface area contributed by atoms with Crippen LogP contribution in [0.25, 0.3) is 0 Å². The molecule has 8 nitrogen and oxygen atoms in total. The molecule has 9 heteroatoms. The van der Waals surface area contributed by atoms with Gasteiger partial charge in [0.25, 0.3) is 11.6 Å². The van der Waals surface area contributed by atoms with Gasteiger partial charge >= 0.3 is 0 Å². The lowest BCUT2D eigenvalue weighted by molar-refractivity contribution is -0.385. The van der Waals surface area contributed by atoms with Gasteiger partial charge in [-0.1, -0.05) is 6.92 Å². The van der Waals surface area contributed by atoms with Gasteiger partial charge in [-0.05, 0) is 25.6 Å². The first-order valence-electron chi connectivity index (χ1n) is 8.24. The van der Waals surface area contributed by atoms with Gasteiger partial charge < -0.3 is 20.0 Å². The molecule has 1 aromatic rings. The van der Waals surface area contributed by atoms with E-state index < -0.39 is 24.9 Å². The largest absolute Gasteiger partial charge is 0.432 e. The molecule has 1 saturated heterocycles. The topological polar surface area (TPSA) is 122 Å². The number of hydrogen-bond donors (Lipinski definition) is 3. The zero-order chi connectivity index (χ0) is 18.6. The first-order valence-corrected chi connectivity index (χ1v) is 11.3. The van der Waals surface area contributed by atoms with E-state index in [1.165, 1.54) is 18.2 Å². The molecule has 0 aliphatic carbocycles. The van der Waals surface area contributed by atoms with Crippen LogP contribution in [-0.4, -0.2) is 41.8 Å². The molecule has 2 aliphatic rings. The highest BCUT2D eigenvalue weighted by molar-refractivity contribution is 6.71. The van der Waals surface area contributed by atoms with E-state index in [0.717, 1.165) is 0 Å². The highest BCUT2D eigenvalue weighted by Crippen LogP contribution is 2.58. The monoisotopic (exact) mass is 366 g/mol. The van der Waals surface area contributed by atoms with Gasteiger partial charge in [-0.3, -0.25) is 14.9 Å². The van der Waals surface area contributed by atoms with Crippen molar-refractivity contribution in [2.45, 2.75) is 43.7 Å². The summed E-state index contributed by atoms with van der Waals surface area (Å²) in [6, 6.07) is 4.21. The summed E-state index contributed by atoms with van der Waals surface area (Å²) >= 11 is 0. The fourth-order valence-corrected chi connectivity index (χ4v) is 7.00. The minimum atomic E-state index is -2.72. The summed E-state index contributed by atoms with van der Waals surface area (Å²) in [6.07, 6.45) is -0.187. The molecule has 25 heavy (non-hydrogen) atoms. The first kappa shape index (κ1) is 18.0. The molecule has 136 valence electrons. The third kappa shape index (κ3) is 2.58. The molecule has 0 saturated carbocycles. The van der Waals surface area contributed by atoms with Gasteiger partial charge in [0.1, 0.15) is 0 Å². The van der Waals surface area contributed by atoms with Crippen molar-refractivity contribution in [3.8, 4) is 0 Å². The zero-order valence-corrected chi connectivity index (χ0v) is 15.4. The smallest absolute Gasteiger partial charge is 0.269 e. The maximum atomic E-state index is 12.8. The molecular formula is C16H22N2O6Si. The van der Waals surface area contributed by atoms with Crippen LogP contribution in [0.4, 0.5) is 11.4 Å².